The number of hydrogen-bond donors (Lipinski definition) is 2. The van der Waals surface area contributed by atoms with Gasteiger partial charge in [0.25, 0.3) is 0 Å². The molecule has 2 heterocycles. The number of aromatic nitrogens is 4. The monoisotopic (exact) mass is 512 g/mol. The minimum Gasteiger partial charge on any atom is -0.497 e. The van der Waals surface area contributed by atoms with Crippen molar-refractivity contribution in [3.8, 4) is 5.75 Å². The van der Waals surface area contributed by atoms with Gasteiger partial charge in [-0.15, -0.1) is 10.2 Å². The first-order valence-corrected chi connectivity index (χ1v) is 13.2. The maximum absolute atomic E-state index is 12.5. The predicted octanol–water partition coefficient (Wildman–Crippen LogP) is 2.69. The molecule has 0 unspecified atom stereocenters. The van der Waals surface area contributed by atoms with Crippen molar-refractivity contribution < 1.29 is 17.9 Å². The Morgan fingerprint density at radius 2 is 1.89 bits per heavy atom. The average Bonchev–Trinajstić information content (AvgIpc) is 3.25. The molecular formula is C23H24N6O4S2. The van der Waals surface area contributed by atoms with Crippen LogP contribution >= 0.6 is 11.8 Å². The van der Waals surface area contributed by atoms with Gasteiger partial charge in [-0.3, -0.25) is 4.79 Å². The van der Waals surface area contributed by atoms with E-state index < -0.39 is 10.0 Å². The summed E-state index contributed by atoms with van der Waals surface area (Å²) in [7, 11) is -2.06. The Bertz CT molecular complexity index is 1440. The number of thioether (sulfide) groups is 1. The number of methoxy groups -OCH3 is 1. The highest BCUT2D eigenvalue weighted by Gasteiger charge is 2.15. The maximum atomic E-state index is 12.5. The summed E-state index contributed by atoms with van der Waals surface area (Å²) in [5, 5.41) is 16.1. The van der Waals surface area contributed by atoms with Crippen LogP contribution in [0.5, 0.6) is 5.75 Å². The van der Waals surface area contributed by atoms with Crippen LogP contribution in [-0.4, -0.2) is 53.5 Å². The molecule has 1 amide bonds. The highest BCUT2D eigenvalue weighted by atomic mass is 32.2. The van der Waals surface area contributed by atoms with Crippen LogP contribution in [0, 0.1) is 6.92 Å². The molecule has 0 aliphatic carbocycles. The lowest BCUT2D eigenvalue weighted by Crippen LogP contribution is -2.26. The summed E-state index contributed by atoms with van der Waals surface area (Å²) >= 11 is 1.27. The Hall–Kier alpha value is -3.48. The summed E-state index contributed by atoms with van der Waals surface area (Å²) in [6, 6.07) is 17.3. The molecule has 0 bridgehead atoms. The van der Waals surface area contributed by atoms with E-state index in [1.54, 1.807) is 72.3 Å². The fourth-order valence-electron chi connectivity index (χ4n) is 3.18. The number of benzene rings is 2. The lowest BCUT2D eigenvalue weighted by Gasteiger charge is -2.07. The van der Waals surface area contributed by atoms with Gasteiger partial charge in [-0.2, -0.15) is 9.61 Å². The molecule has 0 spiro atoms. The Balaban J connectivity index is 1.35. The van der Waals surface area contributed by atoms with Crippen molar-refractivity contribution in [1.29, 1.82) is 0 Å². The van der Waals surface area contributed by atoms with Gasteiger partial charge in [0.15, 0.2) is 11.5 Å². The molecule has 0 radical (unpaired) electrons. The largest absolute Gasteiger partial charge is 0.497 e. The Morgan fingerprint density at radius 1 is 1.09 bits per heavy atom. The fraction of sp³-hybridized carbons (Fsp3) is 0.217. The molecule has 0 aliphatic rings. The Kier molecular flexibility index (Phi) is 7.63. The number of carbonyl (C=O) groups excluding carboxylic acids is 1. The number of sulfonamides is 1. The minimum atomic E-state index is -3.62. The van der Waals surface area contributed by atoms with E-state index in [9.17, 15) is 13.2 Å². The molecule has 12 heteroatoms. The second-order valence-electron chi connectivity index (χ2n) is 7.59. The molecule has 2 aromatic heterocycles. The van der Waals surface area contributed by atoms with E-state index in [2.05, 4.69) is 25.3 Å². The van der Waals surface area contributed by atoms with Crippen molar-refractivity contribution in [2.45, 2.75) is 23.3 Å². The smallest absolute Gasteiger partial charge is 0.240 e. The predicted molar refractivity (Wildman–Crippen MR) is 133 cm³/mol. The van der Waals surface area contributed by atoms with Crippen molar-refractivity contribution in [3.63, 3.8) is 0 Å². The van der Waals surface area contributed by atoms with Crippen LogP contribution in [0.2, 0.25) is 0 Å². The van der Waals surface area contributed by atoms with Crippen molar-refractivity contribution >= 4 is 39.0 Å². The molecule has 0 saturated carbocycles. The summed E-state index contributed by atoms with van der Waals surface area (Å²) in [4.78, 5) is 12.5. The molecule has 10 nitrogen and oxygen atoms in total. The first kappa shape index (κ1) is 24.6. The Labute approximate surface area is 207 Å². The fourth-order valence-corrected chi connectivity index (χ4v) is 4.87. The SMILES string of the molecule is COc1cccc(NC(=O)CSc2ccc3nnc(CCNS(=O)(=O)c4ccc(C)cc4)n3n2)c1. The first-order valence-electron chi connectivity index (χ1n) is 10.7. The molecular weight excluding hydrogens is 488 g/mol. The number of hydrogen-bond acceptors (Lipinski definition) is 8. The van der Waals surface area contributed by atoms with Crippen LogP contribution in [0.15, 0.2) is 70.6 Å². The maximum Gasteiger partial charge on any atom is 0.240 e. The molecule has 182 valence electrons. The first-order chi connectivity index (χ1) is 16.8. The normalized spacial score (nSPS) is 11.5. The van der Waals surface area contributed by atoms with Crippen molar-refractivity contribution in [1.82, 2.24) is 24.5 Å². The zero-order valence-electron chi connectivity index (χ0n) is 19.1. The molecule has 0 saturated heterocycles. The third kappa shape index (κ3) is 6.35. The van der Waals surface area contributed by atoms with Crippen LogP contribution in [0.4, 0.5) is 5.69 Å². The van der Waals surface area contributed by atoms with Gasteiger partial charge < -0.3 is 10.1 Å². The van der Waals surface area contributed by atoms with Crippen LogP contribution in [0.25, 0.3) is 5.65 Å². The quantitative estimate of drug-likeness (QED) is 0.311. The molecule has 0 aliphatic heterocycles. The molecule has 2 aromatic carbocycles. The van der Waals surface area contributed by atoms with Gasteiger partial charge >= 0.3 is 0 Å². The number of ether oxygens (including phenoxy) is 1. The van der Waals surface area contributed by atoms with E-state index in [0.29, 0.717) is 34.4 Å². The number of aryl methyl sites for hydroxylation is 1. The summed E-state index contributed by atoms with van der Waals surface area (Å²) in [6.45, 7) is 2.03. The molecule has 35 heavy (non-hydrogen) atoms. The van der Waals surface area contributed by atoms with E-state index >= 15 is 0 Å². The van der Waals surface area contributed by atoms with E-state index in [-0.39, 0.29) is 23.1 Å². The van der Waals surface area contributed by atoms with Crippen molar-refractivity contribution in [2.24, 2.45) is 0 Å². The number of nitrogens with one attached hydrogen (secondary N) is 2. The number of fused-ring (bicyclic) bond motifs is 1. The van der Waals surface area contributed by atoms with E-state index in [4.69, 9.17) is 4.74 Å². The van der Waals surface area contributed by atoms with Gasteiger partial charge in [0.2, 0.25) is 15.9 Å². The lowest BCUT2D eigenvalue weighted by molar-refractivity contribution is -0.113. The van der Waals surface area contributed by atoms with Gasteiger partial charge in [0.05, 0.1) is 17.8 Å². The van der Waals surface area contributed by atoms with Crippen LogP contribution in [-0.2, 0) is 21.2 Å². The topological polar surface area (TPSA) is 128 Å². The van der Waals surface area contributed by atoms with Gasteiger partial charge in [-0.05, 0) is 43.3 Å². The molecule has 0 atom stereocenters. The second kappa shape index (κ2) is 10.8. The van der Waals surface area contributed by atoms with Gasteiger partial charge in [0, 0.05) is 24.7 Å². The van der Waals surface area contributed by atoms with Gasteiger partial charge in [0.1, 0.15) is 10.8 Å². The van der Waals surface area contributed by atoms with E-state index in [1.165, 1.54) is 11.8 Å². The van der Waals surface area contributed by atoms with Crippen LogP contribution in [0.3, 0.4) is 0 Å². The van der Waals surface area contributed by atoms with Crippen LogP contribution < -0.4 is 14.8 Å². The zero-order chi connectivity index (χ0) is 24.8. The summed E-state index contributed by atoms with van der Waals surface area (Å²) in [5.74, 6) is 1.14. The van der Waals surface area contributed by atoms with Crippen molar-refractivity contribution in [2.75, 3.05) is 24.7 Å². The standard InChI is InChI=1S/C23H24N6O4S2/c1-16-6-8-19(9-7-16)35(31,32)24-13-12-21-27-26-20-10-11-23(28-29(20)21)34-15-22(30)25-17-4-3-5-18(14-17)33-2/h3-11,14,24H,12-13,15H2,1-2H3,(H,25,30). The third-order valence-corrected chi connectivity index (χ3v) is 7.38. The highest BCUT2D eigenvalue weighted by molar-refractivity contribution is 7.99. The number of rotatable bonds is 10. The summed E-state index contributed by atoms with van der Waals surface area (Å²) in [6.07, 6.45) is 0.295. The third-order valence-electron chi connectivity index (χ3n) is 4.98. The van der Waals surface area contributed by atoms with Gasteiger partial charge in [-0.25, -0.2) is 13.1 Å². The number of amides is 1. The molecule has 4 aromatic rings. The van der Waals surface area contributed by atoms with Gasteiger partial charge in [-0.1, -0.05) is 35.5 Å². The van der Waals surface area contributed by atoms with Crippen LogP contribution in [0.1, 0.15) is 11.4 Å². The second-order valence-corrected chi connectivity index (χ2v) is 10.4. The molecule has 2 N–H and O–H groups in total. The minimum absolute atomic E-state index is 0.138. The number of nitrogens with zero attached hydrogens (tertiary/aromatic N) is 4. The van der Waals surface area contributed by atoms with E-state index in [0.717, 1.165) is 5.56 Å². The lowest BCUT2D eigenvalue weighted by atomic mass is 10.2. The summed E-state index contributed by atoms with van der Waals surface area (Å²) in [5.41, 5.74) is 2.16. The summed E-state index contributed by atoms with van der Waals surface area (Å²) < 4.78 is 34.3. The number of anilines is 1. The van der Waals surface area contributed by atoms with E-state index in [1.807, 2.05) is 6.92 Å². The zero-order valence-corrected chi connectivity index (χ0v) is 20.8. The van der Waals surface area contributed by atoms with Crippen molar-refractivity contribution in [3.05, 3.63) is 72.1 Å². The Morgan fingerprint density at radius 3 is 2.66 bits per heavy atom. The molecule has 0 fully saturated rings. The highest BCUT2D eigenvalue weighted by Crippen LogP contribution is 2.19. The molecule has 4 rings (SSSR count). The number of carbonyl (C=O) groups is 1. The average molecular weight is 513 g/mol.